The van der Waals surface area contributed by atoms with Crippen LogP contribution in [0.5, 0.6) is 0 Å². The molecule has 7 nitrogen and oxygen atoms in total. The minimum Gasteiger partial charge on any atom is -0.348 e. The van der Waals surface area contributed by atoms with Gasteiger partial charge in [0.25, 0.3) is 0 Å². The van der Waals surface area contributed by atoms with Gasteiger partial charge in [-0.25, -0.2) is 8.42 Å². The van der Waals surface area contributed by atoms with Gasteiger partial charge in [0.15, 0.2) is 9.84 Å². The summed E-state index contributed by atoms with van der Waals surface area (Å²) in [6, 6.07) is 8.19. The van der Waals surface area contributed by atoms with Gasteiger partial charge in [0.2, 0.25) is 0 Å². The van der Waals surface area contributed by atoms with Crippen molar-refractivity contribution < 1.29 is 18.0 Å². The third-order valence-corrected chi connectivity index (χ3v) is 6.66. The fourth-order valence-corrected chi connectivity index (χ4v) is 4.40. The zero-order valence-electron chi connectivity index (χ0n) is 17.1. The second kappa shape index (κ2) is 9.65. The maximum absolute atomic E-state index is 13.3. The number of carbonyl (C=O) groups excluding carboxylic acids is 2. The van der Waals surface area contributed by atoms with Crippen LogP contribution in [0.4, 0.5) is 0 Å². The molecule has 0 aliphatic heterocycles. The Labute approximate surface area is 171 Å². The first-order valence-corrected chi connectivity index (χ1v) is 10.9. The topological polar surface area (TPSA) is 105 Å². The molecule has 156 valence electrons. The molecule has 1 aromatic carbocycles. The number of pyridine rings is 1. The van der Waals surface area contributed by atoms with Crippen molar-refractivity contribution in [1.29, 1.82) is 0 Å². The first-order chi connectivity index (χ1) is 13.6. The molecule has 0 bridgehead atoms. The average molecular weight is 418 g/mol. The van der Waals surface area contributed by atoms with Crippen molar-refractivity contribution >= 4 is 21.7 Å². The van der Waals surface area contributed by atoms with Crippen molar-refractivity contribution in [3.05, 3.63) is 59.4 Å². The molecule has 0 saturated carbocycles. The van der Waals surface area contributed by atoms with Crippen LogP contribution in [0.15, 0.2) is 47.6 Å². The highest BCUT2D eigenvalue weighted by molar-refractivity contribution is 7.91. The molecule has 8 heteroatoms. The van der Waals surface area contributed by atoms with Crippen molar-refractivity contribution in [2.45, 2.75) is 37.8 Å². The first kappa shape index (κ1) is 22.5. The molecule has 0 aliphatic rings. The van der Waals surface area contributed by atoms with E-state index in [0.29, 0.717) is 12.1 Å². The first-order valence-electron chi connectivity index (χ1n) is 9.40. The summed E-state index contributed by atoms with van der Waals surface area (Å²) in [7, 11) is -3.83. The van der Waals surface area contributed by atoms with E-state index >= 15 is 0 Å². The monoisotopic (exact) mass is 417 g/mol. The standard InChI is InChI=1S/C21H27N3O4S/c1-14(2)11-23-20(25)21(26)24-13-19(17-6-5-9-22-12-17)29(27,28)18-8-7-15(3)16(4)10-18/h5-10,12,14,19H,11,13H2,1-4H3,(H,23,25)(H,24,26)/t19-/m1/s1. The van der Waals surface area contributed by atoms with E-state index in [1.807, 2.05) is 27.7 Å². The second-order valence-corrected chi connectivity index (χ2v) is 9.51. The number of hydrogen-bond acceptors (Lipinski definition) is 5. The molecule has 29 heavy (non-hydrogen) atoms. The Morgan fingerprint density at radius 2 is 1.66 bits per heavy atom. The molecule has 0 saturated heterocycles. The minimum atomic E-state index is -3.83. The highest BCUT2D eigenvalue weighted by atomic mass is 32.2. The van der Waals surface area contributed by atoms with E-state index in [9.17, 15) is 18.0 Å². The van der Waals surface area contributed by atoms with E-state index in [0.717, 1.165) is 11.1 Å². The summed E-state index contributed by atoms with van der Waals surface area (Å²) in [5.74, 6) is -1.46. The number of nitrogens with zero attached hydrogens (tertiary/aromatic N) is 1. The second-order valence-electron chi connectivity index (χ2n) is 7.38. The molecule has 0 spiro atoms. The lowest BCUT2D eigenvalue weighted by Crippen LogP contribution is -2.43. The zero-order valence-corrected chi connectivity index (χ0v) is 17.9. The molecule has 0 unspecified atom stereocenters. The highest BCUT2D eigenvalue weighted by Gasteiger charge is 2.30. The SMILES string of the molecule is Cc1ccc(S(=O)(=O)[C@H](CNC(=O)C(=O)NCC(C)C)c2cccnc2)cc1C. The Morgan fingerprint density at radius 1 is 1.00 bits per heavy atom. The van der Waals surface area contributed by atoms with Gasteiger partial charge < -0.3 is 10.6 Å². The van der Waals surface area contributed by atoms with Crippen LogP contribution in [0.3, 0.4) is 0 Å². The zero-order chi connectivity index (χ0) is 21.6. The summed E-state index contributed by atoms with van der Waals surface area (Å²) in [5, 5.41) is 3.90. The summed E-state index contributed by atoms with van der Waals surface area (Å²) in [4.78, 5) is 28.2. The van der Waals surface area contributed by atoms with Gasteiger partial charge in [-0.05, 0) is 54.7 Å². The highest BCUT2D eigenvalue weighted by Crippen LogP contribution is 2.29. The Bertz CT molecular complexity index is 973. The van der Waals surface area contributed by atoms with Crippen LogP contribution >= 0.6 is 0 Å². The van der Waals surface area contributed by atoms with Gasteiger partial charge in [-0.15, -0.1) is 0 Å². The van der Waals surface area contributed by atoms with Crippen molar-refractivity contribution in [3.8, 4) is 0 Å². The third-order valence-electron chi connectivity index (χ3n) is 4.56. The lowest BCUT2D eigenvalue weighted by atomic mass is 10.1. The van der Waals surface area contributed by atoms with Crippen LogP contribution in [-0.4, -0.2) is 38.3 Å². The maximum Gasteiger partial charge on any atom is 0.309 e. The Hall–Kier alpha value is -2.74. The number of nitrogens with one attached hydrogen (secondary N) is 2. The normalized spacial score (nSPS) is 12.4. The molecule has 2 amide bonds. The molecule has 0 fully saturated rings. The van der Waals surface area contributed by atoms with Gasteiger partial charge >= 0.3 is 11.8 Å². The number of sulfone groups is 1. The summed E-state index contributed by atoms with van der Waals surface area (Å²) < 4.78 is 26.6. The Balaban J connectivity index is 2.27. The van der Waals surface area contributed by atoms with Gasteiger partial charge in [-0.1, -0.05) is 26.0 Å². The number of rotatable bonds is 7. The fourth-order valence-electron chi connectivity index (χ4n) is 2.67. The predicted octanol–water partition coefficient (Wildman–Crippen LogP) is 2.10. The largest absolute Gasteiger partial charge is 0.348 e. The molecule has 0 radical (unpaired) electrons. The number of aromatic nitrogens is 1. The van der Waals surface area contributed by atoms with Crippen LogP contribution in [0, 0.1) is 19.8 Å². The fraction of sp³-hybridized carbons (Fsp3) is 0.381. The lowest BCUT2D eigenvalue weighted by molar-refractivity contribution is -0.139. The van der Waals surface area contributed by atoms with Gasteiger partial charge in [-0.3, -0.25) is 14.6 Å². The molecule has 1 heterocycles. The maximum atomic E-state index is 13.3. The lowest BCUT2D eigenvalue weighted by Gasteiger charge is -2.19. The third kappa shape index (κ3) is 5.87. The van der Waals surface area contributed by atoms with Gasteiger partial charge in [0.1, 0.15) is 5.25 Å². The molecular weight excluding hydrogens is 390 g/mol. The van der Waals surface area contributed by atoms with Gasteiger partial charge in [-0.2, -0.15) is 0 Å². The van der Waals surface area contributed by atoms with Crippen LogP contribution in [0.2, 0.25) is 0 Å². The van der Waals surface area contributed by atoms with Crippen LogP contribution in [-0.2, 0) is 19.4 Å². The smallest absolute Gasteiger partial charge is 0.309 e. The molecule has 2 aromatic rings. The summed E-state index contributed by atoms with van der Waals surface area (Å²) in [6.07, 6.45) is 3.00. The Morgan fingerprint density at radius 3 is 2.21 bits per heavy atom. The number of hydrogen-bond donors (Lipinski definition) is 2. The minimum absolute atomic E-state index is 0.160. The van der Waals surface area contributed by atoms with Crippen LogP contribution in [0.25, 0.3) is 0 Å². The number of amides is 2. The number of benzene rings is 1. The van der Waals surface area contributed by atoms with Crippen LogP contribution < -0.4 is 10.6 Å². The molecule has 0 aliphatic carbocycles. The molecule has 1 atom stereocenters. The number of aryl methyl sites for hydroxylation is 2. The van der Waals surface area contributed by atoms with E-state index < -0.39 is 26.9 Å². The van der Waals surface area contributed by atoms with E-state index in [1.54, 1.807) is 36.5 Å². The van der Waals surface area contributed by atoms with E-state index in [2.05, 4.69) is 15.6 Å². The van der Waals surface area contributed by atoms with Crippen molar-refractivity contribution in [1.82, 2.24) is 15.6 Å². The van der Waals surface area contributed by atoms with Crippen molar-refractivity contribution in [2.24, 2.45) is 5.92 Å². The average Bonchev–Trinajstić information content (AvgIpc) is 2.68. The van der Waals surface area contributed by atoms with E-state index in [1.165, 1.54) is 6.20 Å². The van der Waals surface area contributed by atoms with Gasteiger partial charge in [0.05, 0.1) is 4.90 Å². The van der Waals surface area contributed by atoms with Crippen LogP contribution in [0.1, 0.15) is 35.8 Å². The molecular formula is C21H27N3O4S. The predicted molar refractivity (Wildman–Crippen MR) is 111 cm³/mol. The summed E-state index contributed by atoms with van der Waals surface area (Å²) in [6.45, 7) is 7.68. The van der Waals surface area contributed by atoms with E-state index in [4.69, 9.17) is 0 Å². The Kier molecular flexibility index (Phi) is 7.50. The van der Waals surface area contributed by atoms with E-state index in [-0.39, 0.29) is 17.4 Å². The van der Waals surface area contributed by atoms with Crippen molar-refractivity contribution in [3.63, 3.8) is 0 Å². The molecule has 2 rings (SSSR count). The summed E-state index contributed by atoms with van der Waals surface area (Å²) >= 11 is 0. The van der Waals surface area contributed by atoms with Gasteiger partial charge in [0, 0.05) is 25.5 Å². The summed E-state index contributed by atoms with van der Waals surface area (Å²) in [5.41, 5.74) is 2.28. The quantitative estimate of drug-likeness (QED) is 0.671. The number of carbonyl (C=O) groups is 2. The van der Waals surface area contributed by atoms with Crippen molar-refractivity contribution in [2.75, 3.05) is 13.1 Å². The molecule has 1 aromatic heterocycles. The molecule has 2 N–H and O–H groups in total.